The average Bonchev–Trinajstić information content (AvgIpc) is 2.70. The summed E-state index contributed by atoms with van der Waals surface area (Å²) in [6, 6.07) is 7.27. The quantitative estimate of drug-likeness (QED) is 0.917. The molecule has 1 heterocycles. The zero-order valence-corrected chi connectivity index (χ0v) is 11.6. The molecule has 3 nitrogen and oxygen atoms in total. The Morgan fingerprint density at radius 3 is 2.72 bits per heavy atom. The molecule has 0 saturated carbocycles. The van der Waals surface area contributed by atoms with E-state index < -0.39 is 0 Å². The number of hydrogen-bond acceptors (Lipinski definition) is 3. The largest absolute Gasteiger partial charge is 0.458 e. The highest BCUT2D eigenvalue weighted by Gasteiger charge is 2.17. The molecule has 0 saturated heterocycles. The number of rotatable bonds is 3. The van der Waals surface area contributed by atoms with Crippen LogP contribution in [0.15, 0.2) is 28.7 Å². The summed E-state index contributed by atoms with van der Waals surface area (Å²) in [4.78, 5) is 0. The zero-order chi connectivity index (χ0) is 13.3. The fourth-order valence-corrected chi connectivity index (χ4v) is 1.87. The van der Waals surface area contributed by atoms with Crippen molar-refractivity contribution in [2.75, 3.05) is 6.61 Å². The molecule has 1 aromatic carbocycles. The van der Waals surface area contributed by atoms with E-state index >= 15 is 0 Å². The minimum Gasteiger partial charge on any atom is -0.458 e. The lowest BCUT2D eigenvalue weighted by Crippen LogP contribution is -2.26. The van der Waals surface area contributed by atoms with E-state index in [1.807, 2.05) is 39.0 Å². The maximum absolute atomic E-state index is 6.06. The minimum absolute atomic E-state index is 0.207. The summed E-state index contributed by atoms with van der Waals surface area (Å²) in [7, 11) is 0. The lowest BCUT2D eigenvalue weighted by atomic mass is 10.2. The second kappa shape index (κ2) is 4.92. The van der Waals surface area contributed by atoms with Gasteiger partial charge in [0.1, 0.15) is 5.76 Å². The molecule has 1 aromatic heterocycles. The Kier molecular flexibility index (Phi) is 3.66. The van der Waals surface area contributed by atoms with Crippen molar-refractivity contribution in [2.24, 2.45) is 5.73 Å². The molecule has 0 radical (unpaired) electrons. The SMILES string of the molecule is CC(C)(C)OCC(N)c1cc2cccc(Cl)c2o1. The van der Waals surface area contributed by atoms with Crippen molar-refractivity contribution < 1.29 is 9.15 Å². The summed E-state index contributed by atoms with van der Waals surface area (Å²) in [5.74, 6) is 0.697. The van der Waals surface area contributed by atoms with Crippen LogP contribution in [0.5, 0.6) is 0 Å². The van der Waals surface area contributed by atoms with Crippen LogP contribution in [0.25, 0.3) is 11.0 Å². The first kappa shape index (κ1) is 13.4. The molecule has 0 aliphatic carbocycles. The third kappa shape index (κ3) is 3.05. The van der Waals surface area contributed by atoms with Gasteiger partial charge in [-0.05, 0) is 32.9 Å². The van der Waals surface area contributed by atoms with Gasteiger partial charge in [-0.25, -0.2) is 0 Å². The van der Waals surface area contributed by atoms with Crippen LogP contribution in [-0.2, 0) is 4.74 Å². The standard InChI is InChI=1S/C14H18ClNO2/c1-14(2,3)17-8-11(16)12-7-9-5-4-6-10(15)13(9)18-12/h4-7,11H,8,16H2,1-3H3. The van der Waals surface area contributed by atoms with Crippen LogP contribution in [0, 0.1) is 0 Å². The molecule has 0 spiro atoms. The number of fused-ring (bicyclic) bond motifs is 1. The van der Waals surface area contributed by atoms with Crippen molar-refractivity contribution in [2.45, 2.75) is 32.4 Å². The van der Waals surface area contributed by atoms with E-state index in [4.69, 9.17) is 26.5 Å². The third-order valence-electron chi connectivity index (χ3n) is 2.58. The Morgan fingerprint density at radius 2 is 2.11 bits per heavy atom. The number of para-hydroxylation sites is 1. The molecule has 0 aliphatic rings. The molecule has 2 aromatic rings. The monoisotopic (exact) mass is 267 g/mol. The van der Waals surface area contributed by atoms with Crippen molar-refractivity contribution in [1.29, 1.82) is 0 Å². The summed E-state index contributed by atoms with van der Waals surface area (Å²) >= 11 is 6.06. The van der Waals surface area contributed by atoms with Crippen LogP contribution in [0.3, 0.4) is 0 Å². The molecule has 2 rings (SSSR count). The second-order valence-electron chi connectivity index (χ2n) is 5.34. The maximum Gasteiger partial charge on any atom is 0.152 e. The first-order valence-electron chi connectivity index (χ1n) is 5.94. The third-order valence-corrected chi connectivity index (χ3v) is 2.87. The van der Waals surface area contributed by atoms with Crippen molar-refractivity contribution in [3.63, 3.8) is 0 Å². The topological polar surface area (TPSA) is 48.4 Å². The van der Waals surface area contributed by atoms with E-state index in [2.05, 4.69) is 0 Å². The lowest BCUT2D eigenvalue weighted by molar-refractivity contribution is -0.0122. The summed E-state index contributed by atoms with van der Waals surface area (Å²) < 4.78 is 11.3. The number of halogens is 1. The Bertz CT molecular complexity index is 542. The molecule has 18 heavy (non-hydrogen) atoms. The van der Waals surface area contributed by atoms with Crippen molar-refractivity contribution >= 4 is 22.6 Å². The fraction of sp³-hybridized carbons (Fsp3) is 0.429. The molecule has 98 valence electrons. The fourth-order valence-electron chi connectivity index (χ4n) is 1.65. The van der Waals surface area contributed by atoms with E-state index in [0.717, 1.165) is 5.39 Å². The van der Waals surface area contributed by atoms with E-state index in [1.165, 1.54) is 0 Å². The van der Waals surface area contributed by atoms with Crippen LogP contribution >= 0.6 is 11.6 Å². The van der Waals surface area contributed by atoms with Crippen LogP contribution in [0.4, 0.5) is 0 Å². The highest BCUT2D eigenvalue weighted by molar-refractivity contribution is 6.34. The number of nitrogens with two attached hydrogens (primary N) is 1. The molecule has 0 amide bonds. The van der Waals surface area contributed by atoms with Gasteiger partial charge >= 0.3 is 0 Å². The number of benzene rings is 1. The molecule has 0 aliphatic heterocycles. The Labute approximate surface area is 112 Å². The van der Waals surface area contributed by atoms with Gasteiger partial charge in [0.2, 0.25) is 0 Å². The highest BCUT2D eigenvalue weighted by atomic mass is 35.5. The van der Waals surface area contributed by atoms with Crippen LogP contribution in [0.2, 0.25) is 5.02 Å². The van der Waals surface area contributed by atoms with Crippen molar-refractivity contribution in [3.8, 4) is 0 Å². The van der Waals surface area contributed by atoms with E-state index in [9.17, 15) is 0 Å². The predicted molar refractivity (Wildman–Crippen MR) is 73.9 cm³/mol. The molecule has 0 fully saturated rings. The molecule has 0 bridgehead atoms. The minimum atomic E-state index is -0.285. The Morgan fingerprint density at radius 1 is 1.39 bits per heavy atom. The number of ether oxygens (including phenoxy) is 1. The predicted octanol–water partition coefficient (Wildman–Crippen LogP) is 3.90. The molecule has 1 atom stereocenters. The van der Waals surface area contributed by atoms with Crippen LogP contribution < -0.4 is 5.73 Å². The number of hydrogen-bond donors (Lipinski definition) is 1. The maximum atomic E-state index is 6.06. The molecule has 1 unspecified atom stereocenters. The summed E-state index contributed by atoms with van der Waals surface area (Å²) in [6.45, 7) is 6.40. The second-order valence-corrected chi connectivity index (χ2v) is 5.74. The summed E-state index contributed by atoms with van der Waals surface area (Å²) in [5.41, 5.74) is 6.53. The normalized spacial score (nSPS) is 14.1. The summed E-state index contributed by atoms with van der Waals surface area (Å²) in [5, 5.41) is 1.56. The van der Waals surface area contributed by atoms with Crippen LogP contribution in [-0.4, -0.2) is 12.2 Å². The molecule has 4 heteroatoms. The molecule has 2 N–H and O–H groups in total. The first-order chi connectivity index (χ1) is 8.37. The van der Waals surface area contributed by atoms with Gasteiger partial charge in [0.05, 0.1) is 23.3 Å². The first-order valence-corrected chi connectivity index (χ1v) is 6.32. The Balaban J connectivity index is 2.18. The molecular formula is C14H18ClNO2. The van der Waals surface area contributed by atoms with Crippen molar-refractivity contribution in [1.82, 2.24) is 0 Å². The van der Waals surface area contributed by atoms with Gasteiger partial charge in [-0.3, -0.25) is 0 Å². The summed E-state index contributed by atoms with van der Waals surface area (Å²) in [6.07, 6.45) is 0. The van der Waals surface area contributed by atoms with Gasteiger partial charge in [0.15, 0.2) is 5.58 Å². The van der Waals surface area contributed by atoms with Crippen LogP contribution in [0.1, 0.15) is 32.6 Å². The van der Waals surface area contributed by atoms with Gasteiger partial charge in [0, 0.05) is 5.39 Å². The Hall–Kier alpha value is -1.03. The lowest BCUT2D eigenvalue weighted by Gasteiger charge is -2.21. The average molecular weight is 268 g/mol. The number of furan rings is 1. The van der Waals surface area contributed by atoms with E-state index in [0.29, 0.717) is 23.0 Å². The van der Waals surface area contributed by atoms with Gasteiger partial charge in [0.25, 0.3) is 0 Å². The van der Waals surface area contributed by atoms with Gasteiger partial charge in [-0.1, -0.05) is 23.7 Å². The molecular weight excluding hydrogens is 250 g/mol. The van der Waals surface area contributed by atoms with E-state index in [1.54, 1.807) is 6.07 Å². The van der Waals surface area contributed by atoms with Gasteiger partial charge in [-0.15, -0.1) is 0 Å². The van der Waals surface area contributed by atoms with E-state index in [-0.39, 0.29) is 11.6 Å². The zero-order valence-electron chi connectivity index (χ0n) is 10.9. The van der Waals surface area contributed by atoms with Gasteiger partial charge in [-0.2, -0.15) is 0 Å². The highest BCUT2D eigenvalue weighted by Crippen LogP contribution is 2.29. The van der Waals surface area contributed by atoms with Gasteiger partial charge < -0.3 is 14.9 Å². The smallest absolute Gasteiger partial charge is 0.152 e. The van der Waals surface area contributed by atoms with Crippen molar-refractivity contribution in [3.05, 3.63) is 35.0 Å².